The van der Waals surface area contributed by atoms with E-state index in [-0.39, 0.29) is 18.4 Å². The average Bonchev–Trinajstić information content (AvgIpc) is 2.93. The topological polar surface area (TPSA) is 58.4 Å². The number of para-hydroxylation sites is 2. The van der Waals surface area contributed by atoms with Crippen LogP contribution in [-0.2, 0) is 11.2 Å². The number of hydrogen-bond donors (Lipinski definition) is 1. The Hall–Kier alpha value is -2.69. The van der Waals surface area contributed by atoms with Crippen LogP contribution in [0.4, 0.5) is 5.69 Å². The zero-order chi connectivity index (χ0) is 18.0. The fraction of sp³-hybridized carbons (Fsp3) is 0.350. The smallest absolute Gasteiger partial charge is 0.367 e. The van der Waals surface area contributed by atoms with Gasteiger partial charge in [-0.25, -0.2) is 0 Å². The van der Waals surface area contributed by atoms with Crippen molar-refractivity contribution >= 4 is 11.6 Å². The van der Waals surface area contributed by atoms with E-state index in [1.807, 2.05) is 19.1 Å². The summed E-state index contributed by atoms with van der Waals surface area (Å²) in [5.41, 5.74) is 4.13. The molecule has 2 aromatic carbocycles. The van der Waals surface area contributed by atoms with E-state index in [0.29, 0.717) is 17.9 Å². The fourth-order valence-electron chi connectivity index (χ4n) is 3.03. The fourth-order valence-corrected chi connectivity index (χ4v) is 3.03. The van der Waals surface area contributed by atoms with E-state index in [0.717, 1.165) is 4.76 Å². The summed E-state index contributed by atoms with van der Waals surface area (Å²) in [6, 6.07) is 13.2. The molecular formula is C20H23N2O3+. The molecule has 0 fully saturated rings. The SMILES string of the molecule is Cc1cccc(CC(C)C(=O)NCC2Oc3ccccc3[N+]2=O)c1C. The standard InChI is InChI=1S/C20H22N2O3/c1-13-7-6-8-16(15(13)3)11-14(2)20(23)21-12-19-22(24)17-9-4-5-10-18(17)25-19/h4-10,14,19H,11-12H2,1-3H3/p+1. The number of nitroso groups, excluding NO2 is 1. The lowest BCUT2D eigenvalue weighted by Crippen LogP contribution is -2.40. The van der Waals surface area contributed by atoms with Crippen molar-refractivity contribution in [1.29, 1.82) is 0 Å². The van der Waals surface area contributed by atoms with Crippen LogP contribution in [0.5, 0.6) is 5.75 Å². The van der Waals surface area contributed by atoms with E-state index >= 15 is 0 Å². The molecule has 1 aliphatic heterocycles. The van der Waals surface area contributed by atoms with Crippen LogP contribution < -0.4 is 10.1 Å². The van der Waals surface area contributed by atoms with Gasteiger partial charge in [0.25, 0.3) is 0 Å². The summed E-state index contributed by atoms with van der Waals surface area (Å²) >= 11 is 0. The van der Waals surface area contributed by atoms with E-state index in [4.69, 9.17) is 4.74 Å². The molecule has 1 aliphatic rings. The summed E-state index contributed by atoms with van der Waals surface area (Å²) in [6.45, 7) is 6.21. The van der Waals surface area contributed by atoms with E-state index in [1.54, 1.807) is 18.2 Å². The van der Waals surface area contributed by atoms with Gasteiger partial charge in [0.15, 0.2) is 0 Å². The molecule has 0 radical (unpaired) electrons. The van der Waals surface area contributed by atoms with E-state index in [1.165, 1.54) is 16.7 Å². The number of amides is 1. The molecule has 0 spiro atoms. The molecular weight excluding hydrogens is 316 g/mol. The molecule has 2 aromatic rings. The van der Waals surface area contributed by atoms with Gasteiger partial charge in [0, 0.05) is 16.9 Å². The van der Waals surface area contributed by atoms with Crippen molar-refractivity contribution in [3.05, 3.63) is 64.1 Å². The number of carbonyl (C=O) groups is 1. The van der Waals surface area contributed by atoms with Crippen molar-refractivity contribution in [2.24, 2.45) is 5.92 Å². The molecule has 1 N–H and O–H groups in total. The first-order valence-electron chi connectivity index (χ1n) is 8.52. The van der Waals surface area contributed by atoms with Gasteiger partial charge in [-0.3, -0.25) is 4.79 Å². The number of fused-ring (bicyclic) bond motifs is 1. The highest BCUT2D eigenvalue weighted by atomic mass is 16.5. The number of nitrogens with zero attached hydrogens (tertiary/aromatic N) is 1. The second-order valence-corrected chi connectivity index (χ2v) is 6.58. The van der Waals surface area contributed by atoms with Crippen LogP contribution >= 0.6 is 0 Å². The van der Waals surface area contributed by atoms with Crippen molar-refractivity contribution in [1.82, 2.24) is 5.32 Å². The zero-order valence-corrected chi connectivity index (χ0v) is 14.8. The number of aryl methyl sites for hydroxylation is 1. The summed E-state index contributed by atoms with van der Waals surface area (Å²) < 4.78 is 6.41. The minimum absolute atomic E-state index is 0.0751. The predicted octanol–water partition coefficient (Wildman–Crippen LogP) is 3.43. The van der Waals surface area contributed by atoms with Crippen molar-refractivity contribution in [2.75, 3.05) is 6.54 Å². The van der Waals surface area contributed by atoms with Crippen LogP contribution in [0.1, 0.15) is 23.6 Å². The first kappa shape index (κ1) is 17.1. The van der Waals surface area contributed by atoms with Gasteiger partial charge < -0.3 is 10.1 Å². The van der Waals surface area contributed by atoms with Gasteiger partial charge in [0.2, 0.25) is 11.7 Å². The molecule has 0 aliphatic carbocycles. The van der Waals surface area contributed by atoms with Crippen molar-refractivity contribution in [3.63, 3.8) is 0 Å². The summed E-state index contributed by atoms with van der Waals surface area (Å²) in [7, 11) is 0. The van der Waals surface area contributed by atoms with Gasteiger partial charge in [-0.05, 0) is 43.0 Å². The van der Waals surface area contributed by atoms with Gasteiger partial charge in [0.05, 0.1) is 4.76 Å². The Morgan fingerprint density at radius 3 is 2.72 bits per heavy atom. The van der Waals surface area contributed by atoms with Crippen LogP contribution in [0.2, 0.25) is 0 Å². The third kappa shape index (κ3) is 3.55. The first-order valence-corrected chi connectivity index (χ1v) is 8.52. The summed E-state index contributed by atoms with van der Waals surface area (Å²) in [4.78, 5) is 24.6. The summed E-state index contributed by atoms with van der Waals surface area (Å²) in [5, 5.41) is 2.84. The molecule has 1 heterocycles. The average molecular weight is 339 g/mol. The lowest BCUT2D eigenvalue weighted by atomic mass is 9.94. The lowest BCUT2D eigenvalue weighted by Gasteiger charge is -2.15. The molecule has 2 atom stereocenters. The van der Waals surface area contributed by atoms with E-state index in [9.17, 15) is 9.70 Å². The normalized spacial score (nSPS) is 16.9. The molecule has 5 nitrogen and oxygen atoms in total. The molecule has 0 saturated carbocycles. The van der Waals surface area contributed by atoms with Crippen LogP contribution in [0, 0.1) is 24.7 Å². The minimum Gasteiger partial charge on any atom is -0.422 e. The lowest BCUT2D eigenvalue weighted by molar-refractivity contribution is -0.526. The highest BCUT2D eigenvalue weighted by Crippen LogP contribution is 2.34. The third-order valence-corrected chi connectivity index (χ3v) is 4.77. The predicted molar refractivity (Wildman–Crippen MR) is 95.9 cm³/mol. The number of rotatable bonds is 5. The van der Waals surface area contributed by atoms with Gasteiger partial charge in [-0.2, -0.15) is 0 Å². The maximum absolute atomic E-state index is 12.4. The minimum atomic E-state index is -0.714. The van der Waals surface area contributed by atoms with Gasteiger partial charge >= 0.3 is 11.9 Å². The van der Waals surface area contributed by atoms with Crippen molar-refractivity contribution in [2.45, 2.75) is 33.4 Å². The molecule has 3 rings (SSSR count). The van der Waals surface area contributed by atoms with Crippen molar-refractivity contribution in [3.8, 4) is 5.75 Å². The van der Waals surface area contributed by atoms with E-state index in [2.05, 4.69) is 31.3 Å². The Labute approximate surface area is 147 Å². The first-order chi connectivity index (χ1) is 12.0. The Balaban J connectivity index is 1.56. The Morgan fingerprint density at radius 1 is 1.20 bits per heavy atom. The second kappa shape index (κ2) is 7.05. The summed E-state index contributed by atoms with van der Waals surface area (Å²) in [6.07, 6.45) is -0.0408. The molecule has 130 valence electrons. The monoisotopic (exact) mass is 339 g/mol. The van der Waals surface area contributed by atoms with E-state index < -0.39 is 6.23 Å². The maximum atomic E-state index is 12.4. The molecule has 25 heavy (non-hydrogen) atoms. The zero-order valence-electron chi connectivity index (χ0n) is 14.8. The Kier molecular flexibility index (Phi) is 4.83. The quantitative estimate of drug-likeness (QED) is 0.849. The molecule has 1 amide bonds. The van der Waals surface area contributed by atoms with Crippen LogP contribution in [0.3, 0.4) is 0 Å². The Morgan fingerprint density at radius 2 is 1.96 bits per heavy atom. The number of benzene rings is 2. The molecule has 0 bridgehead atoms. The third-order valence-electron chi connectivity index (χ3n) is 4.77. The molecule has 2 unspecified atom stereocenters. The van der Waals surface area contributed by atoms with Gasteiger partial charge in [-0.15, -0.1) is 0 Å². The highest BCUT2D eigenvalue weighted by molar-refractivity contribution is 5.78. The summed E-state index contributed by atoms with van der Waals surface area (Å²) in [5.74, 6) is 0.304. The largest absolute Gasteiger partial charge is 0.422 e. The van der Waals surface area contributed by atoms with Crippen LogP contribution in [0.25, 0.3) is 0 Å². The highest BCUT2D eigenvalue weighted by Gasteiger charge is 2.40. The molecule has 0 aromatic heterocycles. The number of ether oxygens (including phenoxy) is 1. The van der Waals surface area contributed by atoms with Gasteiger partial charge in [-0.1, -0.05) is 37.3 Å². The number of carbonyl (C=O) groups excluding carboxylic acids is 1. The molecule has 0 saturated heterocycles. The molecule has 5 heteroatoms. The maximum Gasteiger partial charge on any atom is 0.367 e. The second-order valence-electron chi connectivity index (χ2n) is 6.58. The number of hydrogen-bond acceptors (Lipinski definition) is 3. The number of nitrogens with one attached hydrogen (secondary N) is 1. The van der Waals surface area contributed by atoms with Crippen LogP contribution in [-0.4, -0.2) is 23.4 Å². The van der Waals surface area contributed by atoms with Gasteiger partial charge in [0.1, 0.15) is 6.54 Å². The Bertz CT molecular complexity index is 816. The van der Waals surface area contributed by atoms with Crippen LogP contribution in [0.15, 0.2) is 42.5 Å². The van der Waals surface area contributed by atoms with Crippen molar-refractivity contribution < 1.29 is 14.3 Å².